The number of carbonyl (C=O) groups is 2. The molecule has 2 heterocycles. The van der Waals surface area contributed by atoms with Gasteiger partial charge in [-0.2, -0.15) is 0 Å². The number of amides is 1. The van der Waals surface area contributed by atoms with Crippen molar-refractivity contribution >= 4 is 34.0 Å². The first-order valence-corrected chi connectivity index (χ1v) is 11.2. The minimum atomic E-state index is -1.19. The highest BCUT2D eigenvalue weighted by Crippen LogP contribution is 2.42. The van der Waals surface area contributed by atoms with Crippen molar-refractivity contribution in [1.82, 2.24) is 9.88 Å². The van der Waals surface area contributed by atoms with Crippen molar-refractivity contribution in [2.45, 2.75) is 12.5 Å². The first-order chi connectivity index (χ1) is 17.4. The zero-order valence-corrected chi connectivity index (χ0v) is 18.8. The van der Waals surface area contributed by atoms with Gasteiger partial charge in [-0.15, -0.1) is 0 Å². The van der Waals surface area contributed by atoms with Gasteiger partial charge in [-0.3, -0.25) is 19.7 Å². The molecule has 0 spiro atoms. The van der Waals surface area contributed by atoms with Crippen LogP contribution in [0.5, 0.6) is 0 Å². The molecule has 0 saturated carbocycles. The van der Waals surface area contributed by atoms with Gasteiger partial charge >= 0.3 is 0 Å². The third kappa shape index (κ3) is 3.90. The zero-order valence-electron chi connectivity index (χ0n) is 18.8. The lowest BCUT2D eigenvalue weighted by atomic mass is 9.94. The molecule has 1 aromatic heterocycles. The fourth-order valence-electron chi connectivity index (χ4n) is 4.66. The zero-order chi connectivity index (χ0) is 25.4. The van der Waals surface area contributed by atoms with Gasteiger partial charge in [-0.05, 0) is 48.4 Å². The number of Topliss-reactive ketones (excluding diaryl/α,β-unsaturated/α-hetero) is 1. The fraction of sp³-hybridized carbons (Fsp3) is 0.111. The maximum absolute atomic E-state index is 13.5. The second-order valence-electron chi connectivity index (χ2n) is 8.42. The van der Waals surface area contributed by atoms with Crippen molar-refractivity contribution in [2.24, 2.45) is 0 Å². The number of nitro benzene ring substituents is 1. The van der Waals surface area contributed by atoms with Crippen LogP contribution in [-0.4, -0.2) is 38.1 Å². The van der Waals surface area contributed by atoms with Crippen LogP contribution in [0.25, 0.3) is 16.7 Å². The van der Waals surface area contributed by atoms with Crippen LogP contribution < -0.4 is 0 Å². The van der Waals surface area contributed by atoms with Gasteiger partial charge in [-0.25, -0.2) is 4.39 Å². The Morgan fingerprint density at radius 2 is 1.72 bits per heavy atom. The number of H-pyrrole nitrogens is 1. The number of nitro groups is 1. The lowest BCUT2D eigenvalue weighted by molar-refractivity contribution is -0.385. The Balaban J connectivity index is 1.62. The standard InChI is InChI=1S/C27H20FN3O5/c28-18-11-9-16(10-12-18)25(32)23-24(20-6-2-4-8-22(20)31(35)36)30(27(34)26(23)33)14-13-17-15-29-21-7-3-1-5-19(17)21/h1-12,15,24,29,32H,13-14H2/t24-/m1/s1. The van der Waals surface area contributed by atoms with Crippen molar-refractivity contribution in [3.8, 4) is 0 Å². The molecule has 3 aromatic carbocycles. The van der Waals surface area contributed by atoms with E-state index < -0.39 is 34.2 Å². The Labute approximate surface area is 204 Å². The third-order valence-corrected chi connectivity index (χ3v) is 6.38. The van der Waals surface area contributed by atoms with Crippen LogP contribution in [0.15, 0.2) is 84.6 Å². The van der Waals surface area contributed by atoms with E-state index in [2.05, 4.69) is 4.98 Å². The molecule has 9 heteroatoms. The van der Waals surface area contributed by atoms with Crippen LogP contribution in [0, 0.1) is 15.9 Å². The van der Waals surface area contributed by atoms with Gasteiger partial charge in [0.15, 0.2) is 0 Å². The summed E-state index contributed by atoms with van der Waals surface area (Å²) in [6, 6.07) is 17.0. The number of nitrogens with zero attached hydrogens (tertiary/aromatic N) is 2. The number of aliphatic hydroxyl groups is 1. The molecular formula is C27H20FN3O5. The van der Waals surface area contributed by atoms with Gasteiger partial charge in [0.25, 0.3) is 17.4 Å². The lowest BCUT2D eigenvalue weighted by Gasteiger charge is -2.25. The van der Waals surface area contributed by atoms with Gasteiger partial charge in [0, 0.05) is 35.3 Å². The first-order valence-electron chi connectivity index (χ1n) is 11.2. The summed E-state index contributed by atoms with van der Waals surface area (Å²) >= 11 is 0. The molecule has 0 unspecified atom stereocenters. The van der Waals surface area contributed by atoms with Crippen molar-refractivity contribution in [3.63, 3.8) is 0 Å². The summed E-state index contributed by atoms with van der Waals surface area (Å²) in [7, 11) is 0. The number of carbonyl (C=O) groups excluding carboxylic acids is 2. The largest absolute Gasteiger partial charge is 0.507 e. The summed E-state index contributed by atoms with van der Waals surface area (Å²) in [6.45, 7) is 0.0728. The third-order valence-electron chi connectivity index (χ3n) is 6.38. The molecule has 1 atom stereocenters. The number of aliphatic hydroxyl groups excluding tert-OH is 1. The second-order valence-corrected chi connectivity index (χ2v) is 8.42. The molecule has 4 aromatic rings. The number of nitrogens with one attached hydrogen (secondary N) is 1. The van der Waals surface area contributed by atoms with E-state index >= 15 is 0 Å². The number of benzene rings is 3. The van der Waals surface area contributed by atoms with Crippen LogP contribution >= 0.6 is 0 Å². The molecule has 2 N–H and O–H groups in total. The molecule has 5 rings (SSSR count). The molecule has 0 bridgehead atoms. The molecule has 1 aliphatic heterocycles. The number of ketones is 1. The van der Waals surface area contributed by atoms with Crippen molar-refractivity contribution in [2.75, 3.05) is 6.54 Å². The van der Waals surface area contributed by atoms with Gasteiger partial charge in [0.05, 0.1) is 22.1 Å². The summed E-state index contributed by atoms with van der Waals surface area (Å²) < 4.78 is 13.5. The van der Waals surface area contributed by atoms with Crippen LogP contribution in [0.3, 0.4) is 0 Å². The highest BCUT2D eigenvalue weighted by molar-refractivity contribution is 6.46. The number of rotatable bonds is 6. The fourth-order valence-corrected chi connectivity index (χ4v) is 4.66. The van der Waals surface area contributed by atoms with Crippen molar-refractivity contribution in [3.05, 3.63) is 117 Å². The highest BCUT2D eigenvalue weighted by atomic mass is 19.1. The summed E-state index contributed by atoms with van der Waals surface area (Å²) in [5.74, 6) is -2.90. The summed E-state index contributed by atoms with van der Waals surface area (Å²) in [5, 5.41) is 23.8. The van der Waals surface area contributed by atoms with Crippen LogP contribution in [0.4, 0.5) is 10.1 Å². The maximum Gasteiger partial charge on any atom is 0.295 e. The number of fused-ring (bicyclic) bond motifs is 1. The minimum Gasteiger partial charge on any atom is -0.507 e. The Morgan fingerprint density at radius 1 is 1.03 bits per heavy atom. The summed E-state index contributed by atoms with van der Waals surface area (Å²) in [5.41, 5.74) is 1.48. The number of para-hydroxylation sites is 2. The Hall–Kier alpha value is -4.79. The van der Waals surface area contributed by atoms with E-state index in [-0.39, 0.29) is 28.9 Å². The van der Waals surface area contributed by atoms with Crippen LogP contribution in [0.2, 0.25) is 0 Å². The average molecular weight is 485 g/mol. The molecule has 36 heavy (non-hydrogen) atoms. The molecule has 1 amide bonds. The van der Waals surface area contributed by atoms with Gasteiger partial charge in [0.2, 0.25) is 0 Å². The predicted molar refractivity (Wildman–Crippen MR) is 131 cm³/mol. The highest BCUT2D eigenvalue weighted by Gasteiger charge is 2.47. The monoisotopic (exact) mass is 485 g/mol. The number of aromatic amines is 1. The first kappa shape index (κ1) is 23.0. The molecule has 8 nitrogen and oxygen atoms in total. The van der Waals surface area contributed by atoms with Crippen molar-refractivity contribution < 1.29 is 24.0 Å². The number of aromatic nitrogens is 1. The minimum absolute atomic E-state index is 0.0728. The van der Waals surface area contributed by atoms with E-state index in [1.165, 1.54) is 35.2 Å². The summed E-state index contributed by atoms with van der Waals surface area (Å²) in [6.07, 6.45) is 2.19. The van der Waals surface area contributed by atoms with Gasteiger partial charge in [-0.1, -0.05) is 30.3 Å². The van der Waals surface area contributed by atoms with E-state index in [1.54, 1.807) is 6.07 Å². The van der Waals surface area contributed by atoms with E-state index in [4.69, 9.17) is 0 Å². The van der Waals surface area contributed by atoms with Crippen LogP contribution in [0.1, 0.15) is 22.7 Å². The van der Waals surface area contributed by atoms with Gasteiger partial charge in [0.1, 0.15) is 11.6 Å². The number of likely N-dealkylation sites (tertiary alicyclic amines) is 1. The molecule has 1 fully saturated rings. The Morgan fingerprint density at radius 3 is 2.47 bits per heavy atom. The summed E-state index contributed by atoms with van der Waals surface area (Å²) in [4.78, 5) is 42.0. The van der Waals surface area contributed by atoms with E-state index in [9.17, 15) is 29.2 Å². The van der Waals surface area contributed by atoms with Crippen LogP contribution in [-0.2, 0) is 16.0 Å². The SMILES string of the molecule is O=C1C(=O)N(CCc2c[nH]c3ccccc23)[C@H](c2ccccc2[N+](=O)[O-])C1=C(O)c1ccc(F)cc1. The Bertz CT molecular complexity index is 1540. The predicted octanol–water partition coefficient (Wildman–Crippen LogP) is 4.88. The maximum atomic E-state index is 13.5. The van der Waals surface area contributed by atoms with E-state index in [0.29, 0.717) is 6.42 Å². The normalized spacial score (nSPS) is 17.1. The second kappa shape index (κ2) is 9.10. The topological polar surface area (TPSA) is 117 Å². The number of hydrogen-bond acceptors (Lipinski definition) is 5. The molecule has 180 valence electrons. The number of hydrogen-bond donors (Lipinski definition) is 2. The Kier molecular flexibility index (Phi) is 5.81. The van der Waals surface area contributed by atoms with Gasteiger partial charge < -0.3 is 15.0 Å². The number of halogens is 1. The lowest BCUT2D eigenvalue weighted by Crippen LogP contribution is -2.32. The molecule has 1 saturated heterocycles. The molecule has 0 radical (unpaired) electrons. The smallest absolute Gasteiger partial charge is 0.295 e. The van der Waals surface area contributed by atoms with E-state index in [1.807, 2.05) is 30.5 Å². The van der Waals surface area contributed by atoms with Crippen molar-refractivity contribution in [1.29, 1.82) is 0 Å². The molecule has 1 aliphatic rings. The quantitative estimate of drug-likeness (QED) is 0.133. The molecule has 0 aliphatic carbocycles. The molecular weight excluding hydrogens is 465 g/mol. The van der Waals surface area contributed by atoms with E-state index in [0.717, 1.165) is 28.6 Å². The average Bonchev–Trinajstić information content (AvgIpc) is 3.41.